The summed E-state index contributed by atoms with van der Waals surface area (Å²) in [5, 5.41) is 0. The van der Waals surface area contributed by atoms with Crippen LogP contribution in [0.4, 0.5) is 0 Å². The highest BCUT2D eigenvalue weighted by atomic mass is 19.0. The van der Waals surface area contributed by atoms with Crippen molar-refractivity contribution in [1.82, 2.24) is 4.90 Å². The van der Waals surface area contributed by atoms with Gasteiger partial charge in [-0.2, -0.15) is 4.90 Å². The number of halogens is 1. The molecule has 1 aliphatic rings. The van der Waals surface area contributed by atoms with E-state index in [1.54, 1.807) is 11.1 Å². The summed E-state index contributed by atoms with van der Waals surface area (Å²) in [6.07, 6.45) is 6.19. The van der Waals surface area contributed by atoms with Crippen LogP contribution in [-0.2, 0) is 0 Å². The molecule has 0 aromatic heterocycles. The highest BCUT2D eigenvalue weighted by Gasteiger charge is 1.99. The molecule has 1 rings (SSSR count). The van der Waals surface area contributed by atoms with E-state index in [4.69, 9.17) is 0 Å². The zero-order chi connectivity index (χ0) is 4.41. The molecule has 0 unspecified atom stereocenters. The van der Waals surface area contributed by atoms with Crippen LogP contribution in [0.5, 0.6) is 0 Å². The summed E-state index contributed by atoms with van der Waals surface area (Å²) in [6, 6.07) is 0. The molecule has 0 spiro atoms. The van der Waals surface area contributed by atoms with E-state index in [1.807, 2.05) is 13.2 Å². The summed E-state index contributed by atoms with van der Waals surface area (Å²) in [7, 11) is 1.88. The third-order valence-corrected chi connectivity index (χ3v) is 0.580. The van der Waals surface area contributed by atoms with Crippen LogP contribution in [-0.4, -0.2) is 18.3 Å². The van der Waals surface area contributed by atoms with Gasteiger partial charge in [0.1, 0.15) is 0 Å². The SMILES string of the molecule is CN1[C+]=NC=C1.[F-]. The maximum atomic E-state index is 3.66. The Labute approximate surface area is 41.5 Å². The molecule has 0 aromatic rings. The molecule has 38 valence electrons. The third kappa shape index (κ3) is 1.28. The minimum absolute atomic E-state index is 0. The molecule has 1 heterocycles. The van der Waals surface area contributed by atoms with Gasteiger partial charge in [0.15, 0.2) is 6.20 Å². The zero-order valence-electron chi connectivity index (χ0n) is 3.93. The first kappa shape index (κ1) is 6.05. The van der Waals surface area contributed by atoms with Crippen LogP contribution in [0.1, 0.15) is 0 Å². The van der Waals surface area contributed by atoms with E-state index in [-0.39, 0.29) is 4.70 Å². The van der Waals surface area contributed by atoms with Crippen molar-refractivity contribution >= 4 is 6.34 Å². The molecular formula is C4H5FN2. The summed E-state index contributed by atoms with van der Waals surface area (Å²) < 4.78 is 0. The second-order valence-electron chi connectivity index (χ2n) is 1.14. The molecule has 1 aliphatic heterocycles. The Hall–Kier alpha value is -0.950. The van der Waals surface area contributed by atoms with E-state index in [0.717, 1.165) is 0 Å². The van der Waals surface area contributed by atoms with E-state index < -0.39 is 0 Å². The topological polar surface area (TPSA) is 15.6 Å². The Kier molecular flexibility index (Phi) is 1.96. The lowest BCUT2D eigenvalue weighted by molar-refractivity contribution is -0.00000128. The molecule has 0 N–H and O–H groups in total. The molecule has 3 heteroatoms. The predicted octanol–water partition coefficient (Wildman–Crippen LogP) is -2.69. The first-order valence-electron chi connectivity index (χ1n) is 1.74. The van der Waals surface area contributed by atoms with Gasteiger partial charge in [-0.1, -0.05) is 0 Å². The number of rotatable bonds is 0. The fourth-order valence-corrected chi connectivity index (χ4v) is 0.291. The number of hydrogen-bond acceptors (Lipinski definition) is 2. The van der Waals surface area contributed by atoms with Gasteiger partial charge < -0.3 is 4.70 Å². The zero-order valence-corrected chi connectivity index (χ0v) is 3.93. The smallest absolute Gasteiger partial charge is 0.255 e. The maximum Gasteiger partial charge on any atom is 0.255 e. The number of aliphatic imine (C=N–C) groups is 1. The van der Waals surface area contributed by atoms with Crippen LogP contribution in [0, 0.1) is 0 Å². The Balaban J connectivity index is 0.000000360. The van der Waals surface area contributed by atoms with Gasteiger partial charge in [0.2, 0.25) is 6.20 Å². The molecule has 0 aromatic carbocycles. The van der Waals surface area contributed by atoms with Crippen molar-refractivity contribution < 1.29 is 4.70 Å². The molecule has 0 radical (unpaired) electrons. The van der Waals surface area contributed by atoms with Crippen molar-refractivity contribution in [2.24, 2.45) is 4.99 Å². The fraction of sp³-hybridized carbons (Fsp3) is 0.250. The van der Waals surface area contributed by atoms with E-state index >= 15 is 0 Å². The fourth-order valence-electron chi connectivity index (χ4n) is 0.291. The Morgan fingerprint density at radius 2 is 2.43 bits per heavy atom. The first-order chi connectivity index (χ1) is 2.89. The van der Waals surface area contributed by atoms with Gasteiger partial charge in [-0.05, 0) is 4.99 Å². The quantitative estimate of drug-likeness (QED) is 0.303. The minimum atomic E-state index is 0. The van der Waals surface area contributed by atoms with Gasteiger partial charge in [-0.15, -0.1) is 0 Å². The van der Waals surface area contributed by atoms with Gasteiger partial charge in [0.05, 0.1) is 0 Å². The number of nitrogens with zero attached hydrogens (tertiary/aromatic N) is 2. The normalized spacial score (nSPS) is 13.6. The van der Waals surface area contributed by atoms with Crippen molar-refractivity contribution in [1.29, 1.82) is 0 Å². The molecule has 0 aliphatic carbocycles. The van der Waals surface area contributed by atoms with Crippen LogP contribution in [0.3, 0.4) is 0 Å². The second-order valence-corrected chi connectivity index (χ2v) is 1.14. The average molecular weight is 100 g/mol. The molecule has 0 saturated carbocycles. The first-order valence-corrected chi connectivity index (χ1v) is 1.74. The Morgan fingerprint density at radius 3 is 2.57 bits per heavy atom. The highest BCUT2D eigenvalue weighted by Crippen LogP contribution is 1.87. The summed E-state index contributed by atoms with van der Waals surface area (Å²) in [4.78, 5) is 5.42. The minimum Gasteiger partial charge on any atom is -1.00 e. The van der Waals surface area contributed by atoms with E-state index in [1.165, 1.54) is 0 Å². The molecule has 0 bridgehead atoms. The average Bonchev–Trinajstić information content (AvgIpc) is 1.86. The summed E-state index contributed by atoms with van der Waals surface area (Å²) in [6.45, 7) is 0. The molecule has 0 amide bonds. The maximum absolute atomic E-state index is 3.66. The Morgan fingerprint density at radius 1 is 1.71 bits per heavy atom. The van der Waals surface area contributed by atoms with Crippen molar-refractivity contribution in [3.8, 4) is 0 Å². The lowest BCUT2D eigenvalue weighted by atomic mass is 10.9. The van der Waals surface area contributed by atoms with Gasteiger partial charge in [0, 0.05) is 7.05 Å². The van der Waals surface area contributed by atoms with Crippen LogP contribution in [0.2, 0.25) is 0 Å². The molecule has 7 heavy (non-hydrogen) atoms. The van der Waals surface area contributed by atoms with Crippen LogP contribution in [0.15, 0.2) is 17.4 Å². The highest BCUT2D eigenvalue weighted by molar-refractivity contribution is 5.59. The largest absolute Gasteiger partial charge is 1.00 e. The molecular weight excluding hydrogens is 95.1 g/mol. The standard InChI is InChI=1S/C4H5N2.FH/c1-6-3-2-5-4-6;/h2-3H,1H3;1H/q+1;/p-1. The lowest BCUT2D eigenvalue weighted by Gasteiger charge is -1.80. The van der Waals surface area contributed by atoms with Crippen molar-refractivity contribution in [2.75, 3.05) is 7.05 Å². The predicted molar refractivity (Wildman–Crippen MR) is 24.3 cm³/mol. The van der Waals surface area contributed by atoms with Crippen LogP contribution >= 0.6 is 0 Å². The van der Waals surface area contributed by atoms with Gasteiger partial charge in [-0.3, -0.25) is 0 Å². The Bertz CT molecular complexity index is 85.9. The molecule has 0 atom stereocenters. The molecule has 2 nitrogen and oxygen atoms in total. The molecule has 0 fully saturated rings. The summed E-state index contributed by atoms with van der Waals surface area (Å²) in [5.41, 5.74) is 0. The van der Waals surface area contributed by atoms with Gasteiger partial charge in [-0.25, -0.2) is 0 Å². The van der Waals surface area contributed by atoms with E-state index in [9.17, 15) is 0 Å². The van der Waals surface area contributed by atoms with Crippen LogP contribution in [0.25, 0.3) is 0 Å². The van der Waals surface area contributed by atoms with E-state index in [2.05, 4.69) is 11.3 Å². The van der Waals surface area contributed by atoms with Gasteiger partial charge >= 0.3 is 0 Å². The van der Waals surface area contributed by atoms with Crippen molar-refractivity contribution in [3.63, 3.8) is 0 Å². The van der Waals surface area contributed by atoms with Crippen molar-refractivity contribution in [3.05, 3.63) is 12.4 Å². The van der Waals surface area contributed by atoms with E-state index in [0.29, 0.717) is 0 Å². The molecule has 0 saturated heterocycles. The number of hydrogen-bond donors (Lipinski definition) is 0. The van der Waals surface area contributed by atoms with Crippen LogP contribution < -0.4 is 4.70 Å². The third-order valence-electron chi connectivity index (χ3n) is 0.580. The lowest BCUT2D eigenvalue weighted by Crippen LogP contribution is -3.00. The van der Waals surface area contributed by atoms with Crippen molar-refractivity contribution in [2.45, 2.75) is 0 Å². The monoisotopic (exact) mass is 100 g/mol. The second kappa shape index (κ2) is 2.26. The van der Waals surface area contributed by atoms with Gasteiger partial charge in [0.25, 0.3) is 6.34 Å². The summed E-state index contributed by atoms with van der Waals surface area (Å²) >= 11 is 0. The summed E-state index contributed by atoms with van der Waals surface area (Å²) in [5.74, 6) is 0.